The van der Waals surface area contributed by atoms with Crippen molar-refractivity contribution >= 4 is 11.8 Å². The maximum absolute atomic E-state index is 14.2. The van der Waals surface area contributed by atoms with Crippen LogP contribution in [-0.4, -0.2) is 43.5 Å². The van der Waals surface area contributed by atoms with Gasteiger partial charge in [-0.15, -0.1) is 0 Å². The maximum atomic E-state index is 14.2. The summed E-state index contributed by atoms with van der Waals surface area (Å²) in [5, 5.41) is 2.90. The molecule has 27 heavy (non-hydrogen) atoms. The fourth-order valence-electron chi connectivity index (χ4n) is 3.11. The van der Waals surface area contributed by atoms with Crippen LogP contribution in [0.1, 0.15) is 23.2 Å². The van der Waals surface area contributed by atoms with Crippen LogP contribution in [0, 0.1) is 11.6 Å². The van der Waals surface area contributed by atoms with E-state index < -0.39 is 11.6 Å². The van der Waals surface area contributed by atoms with Crippen LogP contribution in [0.4, 0.5) is 8.78 Å². The summed E-state index contributed by atoms with van der Waals surface area (Å²) in [6.07, 6.45) is 1.01. The van der Waals surface area contributed by atoms with Crippen molar-refractivity contribution in [1.29, 1.82) is 0 Å². The molecule has 1 aliphatic heterocycles. The van der Waals surface area contributed by atoms with E-state index in [-0.39, 0.29) is 29.2 Å². The van der Waals surface area contributed by atoms with Gasteiger partial charge in [0.15, 0.2) is 11.6 Å². The van der Waals surface area contributed by atoms with Crippen molar-refractivity contribution in [3.63, 3.8) is 0 Å². The largest absolute Gasteiger partial charge is 0.494 e. The van der Waals surface area contributed by atoms with Crippen LogP contribution in [0.5, 0.6) is 5.75 Å². The number of ether oxygens (including phenoxy) is 1. The first-order valence-electron chi connectivity index (χ1n) is 8.57. The molecule has 0 radical (unpaired) electrons. The quantitative estimate of drug-likeness (QED) is 0.895. The number of methoxy groups -OCH3 is 1. The van der Waals surface area contributed by atoms with Crippen molar-refractivity contribution in [1.82, 2.24) is 10.2 Å². The van der Waals surface area contributed by atoms with Crippen LogP contribution in [0.3, 0.4) is 0 Å². The number of likely N-dealkylation sites (tertiary alicyclic amines) is 1. The summed E-state index contributed by atoms with van der Waals surface area (Å²) in [5.41, 5.74) is 0.953. The molecule has 1 aliphatic rings. The second-order valence-electron chi connectivity index (χ2n) is 6.53. The lowest BCUT2D eigenvalue weighted by Crippen LogP contribution is -2.48. The number of carbonyl (C=O) groups excluding carboxylic acids is 2. The topological polar surface area (TPSA) is 58.6 Å². The summed E-state index contributed by atoms with van der Waals surface area (Å²) >= 11 is 0. The smallest absolute Gasteiger partial charge is 0.251 e. The first-order valence-corrected chi connectivity index (χ1v) is 8.57. The SMILES string of the molecule is COc1cc(F)c(-c2ccc(C(=O)N[C@@H]3CCC(=O)N(C)C3)cc2)cc1F. The van der Waals surface area contributed by atoms with Gasteiger partial charge in [0.25, 0.3) is 5.91 Å². The van der Waals surface area contributed by atoms with E-state index in [1.54, 1.807) is 36.2 Å². The Kier molecular flexibility index (Phi) is 5.39. The minimum atomic E-state index is -0.660. The molecule has 0 aliphatic carbocycles. The predicted octanol–water partition coefficient (Wildman–Crippen LogP) is 2.99. The molecule has 0 unspecified atom stereocenters. The molecular formula is C20H20F2N2O3. The molecule has 1 N–H and O–H groups in total. The van der Waals surface area contributed by atoms with Crippen molar-refractivity contribution in [2.24, 2.45) is 0 Å². The number of carbonyl (C=O) groups is 2. The molecule has 5 nitrogen and oxygen atoms in total. The maximum Gasteiger partial charge on any atom is 0.251 e. The summed E-state index contributed by atoms with van der Waals surface area (Å²) in [4.78, 5) is 25.5. The normalized spacial score (nSPS) is 17.0. The Morgan fingerprint density at radius 2 is 1.89 bits per heavy atom. The zero-order valence-corrected chi connectivity index (χ0v) is 15.1. The number of nitrogens with zero attached hydrogens (tertiary/aromatic N) is 1. The van der Waals surface area contributed by atoms with E-state index in [4.69, 9.17) is 4.74 Å². The standard InChI is InChI=1S/C20H20F2N2O3/c1-24-11-14(7-8-19(24)25)23-20(26)13-5-3-12(4-6-13)15-9-17(22)18(27-2)10-16(15)21/h3-6,9-10,14H,7-8,11H2,1-2H3,(H,23,26)/t14-/m1/s1. The molecular weight excluding hydrogens is 354 g/mol. The number of likely N-dealkylation sites (N-methyl/N-ethyl adjacent to an activating group) is 1. The molecule has 1 atom stereocenters. The number of amides is 2. The van der Waals surface area contributed by atoms with E-state index in [1.807, 2.05) is 0 Å². The fraction of sp³-hybridized carbons (Fsp3) is 0.300. The van der Waals surface area contributed by atoms with Gasteiger partial charge in [0, 0.05) is 43.2 Å². The summed E-state index contributed by atoms with van der Waals surface area (Å²) in [5.74, 6) is -1.63. The molecule has 2 amide bonds. The number of hydrogen-bond acceptors (Lipinski definition) is 3. The molecule has 1 fully saturated rings. The molecule has 142 valence electrons. The molecule has 2 aromatic carbocycles. The van der Waals surface area contributed by atoms with Crippen LogP contribution < -0.4 is 10.1 Å². The van der Waals surface area contributed by atoms with Gasteiger partial charge in [-0.3, -0.25) is 9.59 Å². The summed E-state index contributed by atoms with van der Waals surface area (Å²) in [6, 6.07) is 8.21. The molecule has 3 rings (SSSR count). The number of hydrogen-bond donors (Lipinski definition) is 1. The van der Waals surface area contributed by atoms with Crippen LogP contribution in [0.2, 0.25) is 0 Å². The highest BCUT2D eigenvalue weighted by Crippen LogP contribution is 2.29. The monoisotopic (exact) mass is 374 g/mol. The van der Waals surface area contributed by atoms with Crippen LogP contribution >= 0.6 is 0 Å². The third-order valence-corrected chi connectivity index (χ3v) is 4.66. The second kappa shape index (κ2) is 7.73. The minimum Gasteiger partial charge on any atom is -0.494 e. The lowest BCUT2D eigenvalue weighted by Gasteiger charge is -2.30. The van der Waals surface area contributed by atoms with Crippen LogP contribution in [0.15, 0.2) is 36.4 Å². The number of rotatable bonds is 4. The zero-order chi connectivity index (χ0) is 19.6. The van der Waals surface area contributed by atoms with Crippen molar-refractivity contribution in [2.45, 2.75) is 18.9 Å². The lowest BCUT2D eigenvalue weighted by atomic mass is 10.0. The first-order chi connectivity index (χ1) is 12.9. The van der Waals surface area contributed by atoms with E-state index in [0.717, 1.165) is 12.1 Å². The molecule has 2 aromatic rings. The number of benzene rings is 2. The Bertz CT molecular complexity index is 868. The Labute approximate surface area is 155 Å². The van der Waals surface area contributed by atoms with Crippen molar-refractivity contribution in [3.8, 4) is 16.9 Å². The van der Waals surface area contributed by atoms with Crippen LogP contribution in [-0.2, 0) is 4.79 Å². The molecule has 0 bridgehead atoms. The van der Waals surface area contributed by atoms with Gasteiger partial charge in [-0.25, -0.2) is 8.78 Å². The Morgan fingerprint density at radius 3 is 2.52 bits per heavy atom. The third kappa shape index (κ3) is 4.07. The molecule has 1 heterocycles. The van der Waals surface area contributed by atoms with Gasteiger partial charge < -0.3 is 15.0 Å². The van der Waals surface area contributed by atoms with E-state index in [9.17, 15) is 18.4 Å². The highest BCUT2D eigenvalue weighted by molar-refractivity contribution is 5.95. The van der Waals surface area contributed by atoms with Crippen molar-refractivity contribution in [2.75, 3.05) is 20.7 Å². The summed E-state index contributed by atoms with van der Waals surface area (Å²) in [6.45, 7) is 0.471. The first kappa shape index (κ1) is 18.8. The fourth-order valence-corrected chi connectivity index (χ4v) is 3.11. The number of nitrogens with one attached hydrogen (secondary N) is 1. The Morgan fingerprint density at radius 1 is 1.19 bits per heavy atom. The molecule has 0 aromatic heterocycles. The average Bonchev–Trinajstić information content (AvgIpc) is 2.66. The van der Waals surface area contributed by atoms with Crippen molar-refractivity contribution < 1.29 is 23.1 Å². The lowest BCUT2D eigenvalue weighted by molar-refractivity contribution is -0.132. The number of halogens is 2. The predicted molar refractivity (Wildman–Crippen MR) is 96.5 cm³/mol. The zero-order valence-electron chi connectivity index (χ0n) is 15.1. The van der Waals surface area contributed by atoms with Crippen molar-refractivity contribution in [3.05, 3.63) is 53.6 Å². The van der Waals surface area contributed by atoms with Gasteiger partial charge in [0.05, 0.1) is 7.11 Å². The van der Waals surface area contributed by atoms with E-state index in [0.29, 0.717) is 30.5 Å². The Balaban J connectivity index is 1.73. The van der Waals surface area contributed by atoms with E-state index >= 15 is 0 Å². The van der Waals surface area contributed by atoms with Crippen LogP contribution in [0.25, 0.3) is 11.1 Å². The summed E-state index contributed by atoms with van der Waals surface area (Å²) in [7, 11) is 2.98. The van der Waals surface area contributed by atoms with Gasteiger partial charge in [-0.05, 0) is 30.2 Å². The van der Waals surface area contributed by atoms with Gasteiger partial charge in [0.2, 0.25) is 5.91 Å². The third-order valence-electron chi connectivity index (χ3n) is 4.66. The Hall–Kier alpha value is -2.96. The van der Waals surface area contributed by atoms with Gasteiger partial charge in [-0.2, -0.15) is 0 Å². The number of piperidine rings is 1. The highest BCUT2D eigenvalue weighted by Gasteiger charge is 2.24. The van der Waals surface area contributed by atoms with E-state index in [2.05, 4.69) is 5.32 Å². The van der Waals surface area contributed by atoms with Gasteiger partial charge in [0.1, 0.15) is 5.82 Å². The minimum absolute atomic E-state index is 0.0682. The molecule has 1 saturated heterocycles. The highest BCUT2D eigenvalue weighted by atomic mass is 19.1. The summed E-state index contributed by atoms with van der Waals surface area (Å²) < 4.78 is 32.8. The molecule has 0 spiro atoms. The second-order valence-corrected chi connectivity index (χ2v) is 6.53. The van der Waals surface area contributed by atoms with E-state index in [1.165, 1.54) is 7.11 Å². The molecule has 7 heteroatoms. The molecule has 0 saturated carbocycles. The van der Waals surface area contributed by atoms with Gasteiger partial charge in [-0.1, -0.05) is 12.1 Å². The average molecular weight is 374 g/mol. The van der Waals surface area contributed by atoms with Gasteiger partial charge >= 0.3 is 0 Å².